The molecule has 2 aromatic carbocycles. The number of H-pyrrole nitrogens is 1. The van der Waals surface area contributed by atoms with E-state index in [4.69, 9.17) is 11.6 Å². The summed E-state index contributed by atoms with van der Waals surface area (Å²) in [6.45, 7) is 1.80. The van der Waals surface area contributed by atoms with Gasteiger partial charge < -0.3 is 10.0 Å². The third-order valence-electron chi connectivity index (χ3n) is 5.18. The Morgan fingerprint density at radius 3 is 2.55 bits per heavy atom. The lowest BCUT2D eigenvalue weighted by Gasteiger charge is -2.36. The van der Waals surface area contributed by atoms with Crippen LogP contribution in [0.4, 0.5) is 0 Å². The highest BCUT2D eigenvalue weighted by Gasteiger charge is 2.35. The van der Waals surface area contributed by atoms with Gasteiger partial charge in [-0.25, -0.2) is 9.36 Å². The van der Waals surface area contributed by atoms with E-state index in [2.05, 4.69) is 4.98 Å². The Morgan fingerprint density at radius 1 is 1.14 bits per heavy atom. The van der Waals surface area contributed by atoms with Gasteiger partial charge in [0.1, 0.15) is 5.56 Å². The molecule has 1 amide bonds. The number of aromatic nitrogens is 2. The third kappa shape index (κ3) is 3.13. The van der Waals surface area contributed by atoms with Gasteiger partial charge in [0.15, 0.2) is 0 Å². The van der Waals surface area contributed by atoms with Crippen molar-refractivity contribution in [2.24, 2.45) is 0 Å². The minimum Gasteiger partial charge on any atom is -0.494 e. The van der Waals surface area contributed by atoms with Gasteiger partial charge in [0, 0.05) is 13.5 Å². The normalized spacial score (nSPS) is 15.8. The summed E-state index contributed by atoms with van der Waals surface area (Å²) in [5.41, 5.74) is 0.300. The van der Waals surface area contributed by atoms with E-state index in [1.54, 1.807) is 24.3 Å². The van der Waals surface area contributed by atoms with Gasteiger partial charge in [0.2, 0.25) is 11.8 Å². The third-order valence-corrected chi connectivity index (χ3v) is 5.50. The highest BCUT2D eigenvalue weighted by molar-refractivity contribution is 6.32. The molecule has 0 saturated carbocycles. The summed E-state index contributed by atoms with van der Waals surface area (Å²) < 4.78 is 0.953. The average molecular weight is 412 g/mol. The first kappa shape index (κ1) is 19.0. The lowest BCUT2D eigenvalue weighted by Crippen LogP contribution is -2.43. The van der Waals surface area contributed by atoms with Crippen LogP contribution in [0.2, 0.25) is 5.02 Å². The minimum atomic E-state index is -0.824. The van der Waals surface area contributed by atoms with Crippen molar-refractivity contribution >= 4 is 17.5 Å². The van der Waals surface area contributed by atoms with Gasteiger partial charge in [0.25, 0.3) is 5.56 Å². The number of aromatic hydroxyl groups is 1. The van der Waals surface area contributed by atoms with Crippen molar-refractivity contribution in [3.63, 3.8) is 0 Å². The first-order chi connectivity index (χ1) is 13.9. The summed E-state index contributed by atoms with van der Waals surface area (Å²) in [7, 11) is 0. The predicted octanol–water partition coefficient (Wildman–Crippen LogP) is 2.38. The Morgan fingerprint density at radius 2 is 1.83 bits per heavy atom. The van der Waals surface area contributed by atoms with E-state index < -0.39 is 23.2 Å². The van der Waals surface area contributed by atoms with Crippen LogP contribution in [-0.4, -0.2) is 32.0 Å². The summed E-state index contributed by atoms with van der Waals surface area (Å²) in [5.74, 6) is -0.779. The molecule has 1 aliphatic heterocycles. The number of fused-ring (bicyclic) bond motifs is 1. The standard InChI is InChI=1S/C21H18ClN3O4/c1-12(26)24-11-10-13-6-2-3-7-14(13)18(24)17-19(27)23-21(29)25(20(17)28)16-9-5-4-8-15(16)22/h2-9,18,28H,10-11H2,1H3,(H,23,27,29). The van der Waals surface area contributed by atoms with Crippen LogP contribution >= 0.6 is 11.6 Å². The zero-order valence-electron chi connectivity index (χ0n) is 15.6. The number of nitrogens with zero attached hydrogens (tertiary/aromatic N) is 2. The summed E-state index contributed by atoms with van der Waals surface area (Å²) in [4.78, 5) is 41.4. The van der Waals surface area contributed by atoms with Crippen LogP contribution in [-0.2, 0) is 11.2 Å². The van der Waals surface area contributed by atoms with Gasteiger partial charge in [-0.15, -0.1) is 0 Å². The maximum atomic E-state index is 12.8. The van der Waals surface area contributed by atoms with Crippen LogP contribution in [0.15, 0.2) is 58.1 Å². The van der Waals surface area contributed by atoms with E-state index in [-0.39, 0.29) is 22.2 Å². The lowest BCUT2D eigenvalue weighted by atomic mass is 9.89. The summed E-state index contributed by atoms with van der Waals surface area (Å²) in [6, 6.07) is 13.1. The summed E-state index contributed by atoms with van der Waals surface area (Å²) in [6.07, 6.45) is 0.634. The van der Waals surface area contributed by atoms with Crippen LogP contribution in [0, 0.1) is 0 Å². The molecule has 148 valence electrons. The fourth-order valence-electron chi connectivity index (χ4n) is 3.86. The molecule has 1 unspecified atom stereocenters. The molecule has 8 heteroatoms. The van der Waals surface area contributed by atoms with Crippen molar-refractivity contribution in [2.45, 2.75) is 19.4 Å². The zero-order chi connectivity index (χ0) is 20.7. The molecule has 0 spiro atoms. The average Bonchev–Trinajstić information content (AvgIpc) is 2.69. The SMILES string of the molecule is CC(=O)N1CCc2ccccc2C1c1c(O)n(-c2ccccc2Cl)c(=O)[nH]c1=O. The number of para-hydroxylation sites is 1. The van der Waals surface area contributed by atoms with Crippen LogP contribution in [0.25, 0.3) is 5.69 Å². The highest BCUT2D eigenvalue weighted by Crippen LogP contribution is 2.37. The number of aromatic amines is 1. The monoisotopic (exact) mass is 411 g/mol. The number of halogens is 1. The quantitative estimate of drug-likeness (QED) is 0.676. The van der Waals surface area contributed by atoms with Gasteiger partial charge >= 0.3 is 5.69 Å². The summed E-state index contributed by atoms with van der Waals surface area (Å²) in [5, 5.41) is 11.3. The van der Waals surface area contributed by atoms with Gasteiger partial charge in [-0.05, 0) is 29.7 Å². The topological polar surface area (TPSA) is 95.4 Å². The van der Waals surface area contributed by atoms with E-state index in [1.807, 2.05) is 24.3 Å². The second-order valence-electron chi connectivity index (χ2n) is 6.85. The van der Waals surface area contributed by atoms with E-state index in [0.29, 0.717) is 13.0 Å². The van der Waals surface area contributed by atoms with E-state index in [0.717, 1.165) is 15.7 Å². The van der Waals surface area contributed by atoms with Crippen molar-refractivity contribution in [3.05, 3.63) is 91.1 Å². The van der Waals surface area contributed by atoms with Crippen LogP contribution < -0.4 is 11.2 Å². The molecule has 0 radical (unpaired) electrons. The minimum absolute atomic E-state index is 0.0770. The summed E-state index contributed by atoms with van der Waals surface area (Å²) >= 11 is 6.21. The predicted molar refractivity (Wildman–Crippen MR) is 109 cm³/mol. The fraction of sp³-hybridized carbons (Fsp3) is 0.190. The number of nitrogens with one attached hydrogen (secondary N) is 1. The Balaban J connectivity index is 2.04. The molecule has 2 N–H and O–H groups in total. The van der Waals surface area contributed by atoms with Gasteiger partial charge in [-0.1, -0.05) is 48.0 Å². The molecule has 1 atom stereocenters. The number of rotatable bonds is 2. The largest absolute Gasteiger partial charge is 0.494 e. The lowest BCUT2D eigenvalue weighted by molar-refractivity contribution is -0.130. The first-order valence-corrected chi connectivity index (χ1v) is 9.46. The zero-order valence-corrected chi connectivity index (χ0v) is 16.3. The van der Waals surface area contributed by atoms with Gasteiger partial charge in [-0.3, -0.25) is 14.6 Å². The van der Waals surface area contributed by atoms with E-state index >= 15 is 0 Å². The number of benzene rings is 2. The molecular formula is C21H18ClN3O4. The molecule has 3 aromatic rings. The number of carbonyl (C=O) groups is 1. The molecule has 4 rings (SSSR count). The second kappa shape index (κ2) is 7.25. The molecule has 0 fully saturated rings. The van der Waals surface area contributed by atoms with Crippen molar-refractivity contribution in [3.8, 4) is 11.6 Å². The van der Waals surface area contributed by atoms with Crippen LogP contribution in [0.1, 0.15) is 29.7 Å². The molecule has 0 bridgehead atoms. The Hall–Kier alpha value is -3.32. The van der Waals surface area contributed by atoms with Crippen molar-refractivity contribution < 1.29 is 9.90 Å². The van der Waals surface area contributed by atoms with Crippen molar-refractivity contribution in [2.75, 3.05) is 6.54 Å². The van der Waals surface area contributed by atoms with Gasteiger partial charge in [-0.2, -0.15) is 0 Å². The molecule has 7 nitrogen and oxygen atoms in total. The number of amides is 1. The fourth-order valence-corrected chi connectivity index (χ4v) is 4.08. The van der Waals surface area contributed by atoms with Crippen molar-refractivity contribution in [1.82, 2.24) is 14.5 Å². The Labute approximate surface area is 170 Å². The molecule has 1 aromatic heterocycles. The molecular weight excluding hydrogens is 394 g/mol. The molecule has 29 heavy (non-hydrogen) atoms. The van der Waals surface area contributed by atoms with Crippen molar-refractivity contribution in [1.29, 1.82) is 0 Å². The Bertz CT molecular complexity index is 1230. The maximum absolute atomic E-state index is 12.8. The van der Waals surface area contributed by atoms with Crippen LogP contribution in [0.5, 0.6) is 5.88 Å². The smallest absolute Gasteiger partial charge is 0.335 e. The van der Waals surface area contributed by atoms with Gasteiger partial charge in [0.05, 0.1) is 16.8 Å². The van der Waals surface area contributed by atoms with E-state index in [9.17, 15) is 19.5 Å². The van der Waals surface area contributed by atoms with E-state index in [1.165, 1.54) is 11.8 Å². The molecule has 1 aliphatic rings. The number of hydrogen-bond donors (Lipinski definition) is 2. The van der Waals surface area contributed by atoms with Crippen LogP contribution in [0.3, 0.4) is 0 Å². The highest BCUT2D eigenvalue weighted by atomic mass is 35.5. The Kier molecular flexibility index (Phi) is 4.76. The molecule has 0 aliphatic carbocycles. The molecule has 0 saturated heterocycles. The number of hydrogen-bond acceptors (Lipinski definition) is 4. The molecule has 2 heterocycles. The maximum Gasteiger partial charge on any atom is 0.335 e. The first-order valence-electron chi connectivity index (χ1n) is 9.08. The number of carbonyl (C=O) groups excluding carboxylic acids is 1. The second-order valence-corrected chi connectivity index (χ2v) is 7.25.